The van der Waals surface area contributed by atoms with Crippen LogP contribution in [0.25, 0.3) is 0 Å². The number of aliphatic hydroxyl groups excluding tert-OH is 2. The topological polar surface area (TPSA) is 135 Å². The van der Waals surface area contributed by atoms with Crippen LogP contribution < -0.4 is 5.32 Å². The van der Waals surface area contributed by atoms with E-state index in [1.165, 1.54) is 6.92 Å². The van der Waals surface area contributed by atoms with Gasteiger partial charge in [-0.3, -0.25) is 10.1 Å². The van der Waals surface area contributed by atoms with Gasteiger partial charge in [0.1, 0.15) is 18.8 Å². The van der Waals surface area contributed by atoms with E-state index < -0.39 is 28.9 Å². The minimum atomic E-state index is -1.51. The van der Waals surface area contributed by atoms with Crippen LogP contribution in [0.15, 0.2) is 36.5 Å². The molecule has 1 heterocycles. The number of pyridine rings is 1. The number of nitro groups is 1. The van der Waals surface area contributed by atoms with Gasteiger partial charge in [-0.25, -0.2) is 9.78 Å². The molecule has 9 nitrogen and oxygen atoms in total. The number of carbonyl (C=O) groups excluding carboxylic acids is 1. The van der Waals surface area contributed by atoms with Gasteiger partial charge in [0.15, 0.2) is 0 Å². The molecule has 27 heavy (non-hydrogen) atoms. The standard InChI is InChI=1S/C17H18ClN3O6/c1-10-12(7-19-16(18)14(10)21(25)26)15(23)13(22)8-20-17(24)27-9-11-5-3-2-4-6-11/h2-7,13,15,22-23H,8-9H2,1H3,(H,20,24). The highest BCUT2D eigenvalue weighted by atomic mass is 35.5. The second kappa shape index (κ2) is 9.26. The predicted molar refractivity (Wildman–Crippen MR) is 96.2 cm³/mol. The van der Waals surface area contributed by atoms with Crippen LogP contribution >= 0.6 is 11.6 Å². The van der Waals surface area contributed by atoms with E-state index in [0.29, 0.717) is 0 Å². The van der Waals surface area contributed by atoms with E-state index in [4.69, 9.17) is 16.3 Å². The molecule has 2 atom stereocenters. The smallest absolute Gasteiger partial charge is 0.407 e. The fourth-order valence-corrected chi connectivity index (χ4v) is 2.63. The molecule has 0 saturated carbocycles. The van der Waals surface area contributed by atoms with E-state index in [0.717, 1.165) is 11.8 Å². The first-order chi connectivity index (χ1) is 12.8. The highest BCUT2D eigenvalue weighted by molar-refractivity contribution is 6.31. The number of ether oxygens (including phenoxy) is 1. The Labute approximate surface area is 159 Å². The van der Waals surface area contributed by atoms with Gasteiger partial charge >= 0.3 is 11.8 Å². The molecule has 2 rings (SSSR count). The average Bonchev–Trinajstić information content (AvgIpc) is 2.64. The maximum absolute atomic E-state index is 11.7. The Bertz CT molecular complexity index is 818. The van der Waals surface area contributed by atoms with Crippen molar-refractivity contribution in [3.05, 3.63) is 68.5 Å². The largest absolute Gasteiger partial charge is 0.445 e. The number of benzene rings is 1. The van der Waals surface area contributed by atoms with E-state index >= 15 is 0 Å². The summed E-state index contributed by atoms with van der Waals surface area (Å²) in [6, 6.07) is 9.01. The molecule has 0 aliphatic rings. The fourth-order valence-electron chi connectivity index (χ4n) is 2.37. The van der Waals surface area contributed by atoms with Crippen molar-refractivity contribution in [1.29, 1.82) is 0 Å². The Morgan fingerprint density at radius 3 is 2.67 bits per heavy atom. The van der Waals surface area contributed by atoms with Crippen LogP contribution in [0, 0.1) is 17.0 Å². The Balaban J connectivity index is 1.94. The summed E-state index contributed by atoms with van der Waals surface area (Å²) < 4.78 is 4.99. The Kier molecular flexibility index (Phi) is 7.05. The first-order valence-electron chi connectivity index (χ1n) is 7.91. The summed E-state index contributed by atoms with van der Waals surface area (Å²) in [6.45, 7) is 1.11. The number of nitrogens with zero attached hydrogens (tertiary/aromatic N) is 2. The number of hydrogen-bond acceptors (Lipinski definition) is 7. The summed E-state index contributed by atoms with van der Waals surface area (Å²) in [5.41, 5.74) is 0.468. The van der Waals surface area contributed by atoms with Crippen molar-refractivity contribution in [2.24, 2.45) is 0 Å². The van der Waals surface area contributed by atoms with Crippen molar-refractivity contribution in [2.75, 3.05) is 6.54 Å². The van der Waals surface area contributed by atoms with Crippen molar-refractivity contribution in [2.45, 2.75) is 25.7 Å². The highest BCUT2D eigenvalue weighted by Gasteiger charge is 2.27. The van der Waals surface area contributed by atoms with Crippen LogP contribution in [0.1, 0.15) is 22.8 Å². The van der Waals surface area contributed by atoms with Crippen LogP contribution in [0.4, 0.5) is 10.5 Å². The Morgan fingerprint density at radius 1 is 1.37 bits per heavy atom. The number of aromatic nitrogens is 1. The predicted octanol–water partition coefficient (Wildman–Crippen LogP) is 2.27. The molecule has 0 radical (unpaired) electrons. The van der Waals surface area contributed by atoms with Crippen molar-refractivity contribution >= 4 is 23.4 Å². The van der Waals surface area contributed by atoms with E-state index in [1.807, 2.05) is 6.07 Å². The number of aliphatic hydroxyl groups is 2. The van der Waals surface area contributed by atoms with Crippen LogP contribution in [0.3, 0.4) is 0 Å². The van der Waals surface area contributed by atoms with Gasteiger partial charge < -0.3 is 20.3 Å². The minimum absolute atomic E-state index is 0.0399. The molecule has 0 aliphatic carbocycles. The molecule has 1 amide bonds. The second-order valence-electron chi connectivity index (χ2n) is 5.69. The lowest BCUT2D eigenvalue weighted by atomic mass is 10.0. The Morgan fingerprint density at radius 2 is 2.04 bits per heavy atom. The van der Waals surface area contributed by atoms with Gasteiger partial charge in [0.25, 0.3) is 0 Å². The molecule has 0 aliphatic heterocycles. The molecule has 3 N–H and O–H groups in total. The van der Waals surface area contributed by atoms with E-state index in [1.54, 1.807) is 24.3 Å². The third kappa shape index (κ3) is 5.36. The maximum Gasteiger partial charge on any atom is 0.407 e. The second-order valence-corrected chi connectivity index (χ2v) is 6.05. The number of rotatable bonds is 7. The zero-order chi connectivity index (χ0) is 20.0. The van der Waals surface area contributed by atoms with E-state index in [2.05, 4.69) is 10.3 Å². The van der Waals surface area contributed by atoms with Crippen molar-refractivity contribution in [1.82, 2.24) is 10.3 Å². The number of halogens is 1. The zero-order valence-corrected chi connectivity index (χ0v) is 15.1. The number of nitrogens with one attached hydrogen (secondary N) is 1. The van der Waals surface area contributed by atoms with Gasteiger partial charge in [0.2, 0.25) is 5.15 Å². The van der Waals surface area contributed by atoms with Gasteiger partial charge in [0, 0.05) is 23.9 Å². The van der Waals surface area contributed by atoms with Gasteiger partial charge in [0.05, 0.1) is 4.92 Å². The number of carbonyl (C=O) groups is 1. The summed E-state index contributed by atoms with van der Waals surface area (Å²) >= 11 is 5.70. The van der Waals surface area contributed by atoms with E-state index in [-0.39, 0.29) is 29.4 Å². The molecule has 2 aromatic rings. The maximum atomic E-state index is 11.7. The third-order valence-electron chi connectivity index (χ3n) is 3.83. The zero-order valence-electron chi connectivity index (χ0n) is 14.3. The molecular weight excluding hydrogens is 378 g/mol. The monoisotopic (exact) mass is 395 g/mol. The SMILES string of the molecule is Cc1c(C(O)C(O)CNC(=O)OCc2ccccc2)cnc(Cl)c1[N+](=O)[O-]. The molecule has 2 unspecified atom stereocenters. The van der Waals surface area contributed by atoms with Crippen molar-refractivity contribution in [3.8, 4) is 0 Å². The van der Waals surface area contributed by atoms with E-state index in [9.17, 15) is 25.1 Å². The first kappa shape index (κ1) is 20.6. The van der Waals surface area contributed by atoms with Crippen LogP contribution in [-0.2, 0) is 11.3 Å². The summed E-state index contributed by atoms with van der Waals surface area (Å²) in [5, 5.41) is 33.4. The van der Waals surface area contributed by atoms with Crippen molar-refractivity contribution < 1.29 is 24.7 Å². The van der Waals surface area contributed by atoms with Crippen LogP contribution in [-0.4, -0.2) is 38.9 Å². The van der Waals surface area contributed by atoms with Crippen LogP contribution in [0.5, 0.6) is 0 Å². The number of alkyl carbamates (subject to hydrolysis) is 1. The number of hydrogen-bond donors (Lipinski definition) is 3. The molecule has 1 aromatic heterocycles. The fraction of sp³-hybridized carbons (Fsp3) is 0.294. The Hall–Kier alpha value is -2.75. The lowest BCUT2D eigenvalue weighted by Gasteiger charge is -2.20. The molecule has 1 aromatic carbocycles. The molecule has 0 bridgehead atoms. The molecular formula is C17H18ClN3O6. The van der Waals surface area contributed by atoms with Gasteiger partial charge in [-0.2, -0.15) is 0 Å². The lowest BCUT2D eigenvalue weighted by Crippen LogP contribution is -2.36. The average molecular weight is 396 g/mol. The molecule has 144 valence electrons. The molecule has 10 heteroatoms. The van der Waals surface area contributed by atoms with Gasteiger partial charge in [-0.15, -0.1) is 0 Å². The third-order valence-corrected chi connectivity index (χ3v) is 4.11. The molecule has 0 saturated heterocycles. The van der Waals surface area contributed by atoms with Crippen LogP contribution in [0.2, 0.25) is 5.15 Å². The lowest BCUT2D eigenvalue weighted by molar-refractivity contribution is -0.385. The minimum Gasteiger partial charge on any atom is -0.445 e. The molecule has 0 fully saturated rings. The summed E-state index contributed by atoms with van der Waals surface area (Å²) in [5.74, 6) is 0. The molecule has 0 spiro atoms. The normalized spacial score (nSPS) is 12.9. The first-order valence-corrected chi connectivity index (χ1v) is 8.29. The number of amides is 1. The highest BCUT2D eigenvalue weighted by Crippen LogP contribution is 2.32. The van der Waals surface area contributed by atoms with Gasteiger partial charge in [-0.1, -0.05) is 41.9 Å². The van der Waals surface area contributed by atoms with Gasteiger partial charge in [-0.05, 0) is 12.5 Å². The van der Waals surface area contributed by atoms with Crippen molar-refractivity contribution in [3.63, 3.8) is 0 Å². The quantitative estimate of drug-likeness (QED) is 0.371. The summed E-state index contributed by atoms with van der Waals surface area (Å²) in [6.07, 6.45) is -2.58. The summed E-state index contributed by atoms with van der Waals surface area (Å²) in [4.78, 5) is 25.7. The summed E-state index contributed by atoms with van der Waals surface area (Å²) in [7, 11) is 0.